The smallest absolute Gasteiger partial charge is 0.358 e. The van der Waals surface area contributed by atoms with Gasteiger partial charge < -0.3 is 15.4 Å². The lowest BCUT2D eigenvalue weighted by Crippen LogP contribution is -2.38. The van der Waals surface area contributed by atoms with Crippen LogP contribution in [0.3, 0.4) is 0 Å². The zero-order valence-corrected chi connectivity index (χ0v) is 17.0. The second-order valence-electron chi connectivity index (χ2n) is 7.17. The summed E-state index contributed by atoms with van der Waals surface area (Å²) in [6, 6.07) is 9.95. The van der Waals surface area contributed by atoms with Crippen molar-refractivity contribution in [1.82, 2.24) is 10.3 Å². The van der Waals surface area contributed by atoms with Crippen LogP contribution >= 0.6 is 11.3 Å². The molecule has 0 spiro atoms. The van der Waals surface area contributed by atoms with Crippen molar-refractivity contribution in [1.29, 1.82) is 0 Å². The molecule has 1 saturated carbocycles. The minimum absolute atomic E-state index is 0.215. The predicted molar refractivity (Wildman–Crippen MR) is 110 cm³/mol. The van der Waals surface area contributed by atoms with Crippen LogP contribution in [-0.4, -0.2) is 29.5 Å². The Morgan fingerprint density at radius 1 is 1.21 bits per heavy atom. The SMILES string of the molecule is CC(OC(=O)c1csc(NCc2ccccc2)n1)C(=O)NCC1CCCCC1. The van der Waals surface area contributed by atoms with Gasteiger partial charge in [0.2, 0.25) is 0 Å². The summed E-state index contributed by atoms with van der Waals surface area (Å²) in [5.41, 5.74) is 1.34. The van der Waals surface area contributed by atoms with Crippen molar-refractivity contribution in [3.8, 4) is 0 Å². The highest BCUT2D eigenvalue weighted by molar-refractivity contribution is 7.13. The Kier molecular flexibility index (Phi) is 7.42. The fraction of sp³-hybridized carbons (Fsp3) is 0.476. The third-order valence-electron chi connectivity index (χ3n) is 4.94. The monoisotopic (exact) mass is 401 g/mol. The normalized spacial score (nSPS) is 15.6. The molecular formula is C21H27N3O3S. The number of carbonyl (C=O) groups excluding carboxylic acids is 2. The molecule has 1 aliphatic carbocycles. The zero-order valence-electron chi connectivity index (χ0n) is 16.1. The van der Waals surface area contributed by atoms with E-state index in [0.717, 1.165) is 18.4 Å². The molecule has 1 amide bonds. The maximum absolute atomic E-state index is 12.3. The minimum atomic E-state index is -0.835. The Hall–Kier alpha value is -2.41. The average molecular weight is 402 g/mol. The van der Waals surface area contributed by atoms with Gasteiger partial charge in [-0.15, -0.1) is 11.3 Å². The van der Waals surface area contributed by atoms with Crippen molar-refractivity contribution in [3.63, 3.8) is 0 Å². The van der Waals surface area contributed by atoms with Gasteiger partial charge in [0.15, 0.2) is 16.9 Å². The van der Waals surface area contributed by atoms with E-state index in [0.29, 0.717) is 24.1 Å². The number of anilines is 1. The van der Waals surface area contributed by atoms with Gasteiger partial charge in [-0.25, -0.2) is 9.78 Å². The number of aromatic nitrogens is 1. The summed E-state index contributed by atoms with van der Waals surface area (Å²) in [6.45, 7) is 2.88. The van der Waals surface area contributed by atoms with Crippen molar-refractivity contribution in [2.45, 2.75) is 51.7 Å². The highest BCUT2D eigenvalue weighted by atomic mass is 32.1. The summed E-state index contributed by atoms with van der Waals surface area (Å²) >= 11 is 1.34. The van der Waals surface area contributed by atoms with Crippen LogP contribution < -0.4 is 10.6 Å². The van der Waals surface area contributed by atoms with Gasteiger partial charge in [0, 0.05) is 18.5 Å². The molecule has 0 aliphatic heterocycles. The first-order valence-corrected chi connectivity index (χ1v) is 10.7. The summed E-state index contributed by atoms with van der Waals surface area (Å²) in [5.74, 6) is -0.293. The molecule has 150 valence electrons. The van der Waals surface area contributed by atoms with Crippen molar-refractivity contribution >= 4 is 28.3 Å². The number of benzene rings is 1. The highest BCUT2D eigenvalue weighted by Crippen LogP contribution is 2.23. The van der Waals surface area contributed by atoms with E-state index in [1.807, 2.05) is 30.3 Å². The molecule has 3 rings (SSSR count). The lowest BCUT2D eigenvalue weighted by Gasteiger charge is -2.22. The number of thiazole rings is 1. The van der Waals surface area contributed by atoms with Gasteiger partial charge in [-0.2, -0.15) is 0 Å². The molecule has 1 heterocycles. The van der Waals surface area contributed by atoms with Crippen LogP contribution in [0, 0.1) is 5.92 Å². The van der Waals surface area contributed by atoms with Crippen molar-refractivity contribution < 1.29 is 14.3 Å². The number of hydrogen-bond donors (Lipinski definition) is 2. The van der Waals surface area contributed by atoms with Crippen molar-refractivity contribution in [2.24, 2.45) is 5.92 Å². The highest BCUT2D eigenvalue weighted by Gasteiger charge is 2.22. The second-order valence-corrected chi connectivity index (χ2v) is 8.03. The van der Waals surface area contributed by atoms with Gasteiger partial charge in [0.05, 0.1) is 0 Å². The van der Waals surface area contributed by atoms with Crippen LogP contribution in [0.4, 0.5) is 5.13 Å². The molecule has 1 fully saturated rings. The van der Waals surface area contributed by atoms with E-state index in [1.165, 1.54) is 30.6 Å². The topological polar surface area (TPSA) is 80.3 Å². The Morgan fingerprint density at radius 3 is 2.71 bits per heavy atom. The number of nitrogens with zero attached hydrogens (tertiary/aromatic N) is 1. The molecule has 0 radical (unpaired) electrons. The number of rotatable bonds is 8. The molecule has 6 nitrogen and oxygen atoms in total. The van der Waals surface area contributed by atoms with Crippen LogP contribution in [0.1, 0.15) is 55.1 Å². The van der Waals surface area contributed by atoms with Crippen molar-refractivity contribution in [2.75, 3.05) is 11.9 Å². The van der Waals surface area contributed by atoms with Crippen LogP contribution in [0.2, 0.25) is 0 Å². The predicted octanol–water partition coefficient (Wildman–Crippen LogP) is 4.00. The Bertz CT molecular complexity index is 772. The molecule has 2 aromatic rings. The van der Waals surface area contributed by atoms with Crippen LogP contribution in [-0.2, 0) is 16.1 Å². The number of nitrogens with one attached hydrogen (secondary N) is 2. The van der Waals surface area contributed by atoms with E-state index in [-0.39, 0.29) is 11.6 Å². The van der Waals surface area contributed by atoms with E-state index < -0.39 is 12.1 Å². The van der Waals surface area contributed by atoms with Gasteiger partial charge in [0.1, 0.15) is 0 Å². The fourth-order valence-corrected chi connectivity index (χ4v) is 3.96. The van der Waals surface area contributed by atoms with Crippen LogP contribution in [0.25, 0.3) is 0 Å². The molecule has 2 N–H and O–H groups in total. The third-order valence-corrected chi connectivity index (χ3v) is 5.74. The standard InChI is InChI=1S/C21H27N3O3S/c1-15(19(25)22-12-16-8-4-2-5-9-16)27-20(26)18-14-28-21(24-18)23-13-17-10-6-3-7-11-17/h3,6-7,10-11,14-16H,2,4-5,8-9,12-13H2,1H3,(H,22,25)(H,23,24). The zero-order chi connectivity index (χ0) is 19.8. The summed E-state index contributed by atoms with van der Waals surface area (Å²) in [4.78, 5) is 28.7. The fourth-order valence-electron chi connectivity index (χ4n) is 3.28. The number of ether oxygens (including phenoxy) is 1. The molecule has 1 unspecified atom stereocenters. The molecule has 1 aliphatic rings. The number of esters is 1. The van der Waals surface area contributed by atoms with Crippen molar-refractivity contribution in [3.05, 3.63) is 47.0 Å². The van der Waals surface area contributed by atoms with E-state index >= 15 is 0 Å². The molecular weight excluding hydrogens is 374 g/mol. The maximum Gasteiger partial charge on any atom is 0.358 e. The summed E-state index contributed by atoms with van der Waals surface area (Å²) in [5, 5.41) is 8.38. The number of carbonyl (C=O) groups is 2. The van der Waals surface area contributed by atoms with Gasteiger partial charge in [-0.05, 0) is 31.2 Å². The molecule has 0 bridgehead atoms. The first-order chi connectivity index (χ1) is 13.6. The second kappa shape index (κ2) is 10.2. The number of amides is 1. The summed E-state index contributed by atoms with van der Waals surface area (Å²) in [6.07, 6.45) is 5.23. The molecule has 1 aromatic heterocycles. The van der Waals surface area contributed by atoms with E-state index in [2.05, 4.69) is 15.6 Å². The van der Waals surface area contributed by atoms with Gasteiger partial charge in [-0.1, -0.05) is 49.6 Å². The van der Waals surface area contributed by atoms with Crippen LogP contribution in [0.5, 0.6) is 0 Å². The largest absolute Gasteiger partial charge is 0.448 e. The first-order valence-electron chi connectivity index (χ1n) is 9.84. The minimum Gasteiger partial charge on any atom is -0.448 e. The summed E-state index contributed by atoms with van der Waals surface area (Å²) in [7, 11) is 0. The first kappa shape index (κ1) is 20.3. The van der Waals surface area contributed by atoms with Gasteiger partial charge >= 0.3 is 5.97 Å². The van der Waals surface area contributed by atoms with E-state index in [4.69, 9.17) is 4.74 Å². The summed E-state index contributed by atoms with van der Waals surface area (Å²) < 4.78 is 5.28. The Balaban J connectivity index is 1.43. The molecule has 1 atom stereocenters. The molecule has 1 aromatic carbocycles. The van der Waals surface area contributed by atoms with Crippen LogP contribution in [0.15, 0.2) is 35.7 Å². The van der Waals surface area contributed by atoms with E-state index in [1.54, 1.807) is 12.3 Å². The molecule has 28 heavy (non-hydrogen) atoms. The van der Waals surface area contributed by atoms with E-state index in [9.17, 15) is 9.59 Å². The lowest BCUT2D eigenvalue weighted by atomic mass is 9.89. The average Bonchev–Trinajstić information content (AvgIpc) is 3.21. The quantitative estimate of drug-likeness (QED) is 0.654. The van der Waals surface area contributed by atoms with Gasteiger partial charge in [0.25, 0.3) is 5.91 Å². The molecule has 7 heteroatoms. The third kappa shape index (κ3) is 6.05. The number of hydrogen-bond acceptors (Lipinski definition) is 6. The Labute approximate surface area is 169 Å². The molecule has 0 saturated heterocycles. The van der Waals surface area contributed by atoms with Gasteiger partial charge in [-0.3, -0.25) is 4.79 Å². The Morgan fingerprint density at radius 2 is 1.96 bits per heavy atom. The lowest BCUT2D eigenvalue weighted by molar-refractivity contribution is -0.129. The maximum atomic E-state index is 12.3.